The molecule has 2 N–H and O–H groups in total. The number of carbonyl (C=O) groups excluding carboxylic acids is 1. The molecule has 1 fully saturated rings. The average molecular weight is 507 g/mol. The summed E-state index contributed by atoms with van der Waals surface area (Å²) in [6, 6.07) is 14.9. The first-order chi connectivity index (χ1) is 16.5. The SMILES string of the molecule is CN(OC(=O)C(F)(F)F)S(=O)(=O)c1cccc(Nc2cc(Nc3ccc(C4CC4)cc3)ncn2)c1. The number of carbonyl (C=O) groups is 1. The van der Waals surface area contributed by atoms with Crippen molar-refractivity contribution in [1.29, 1.82) is 0 Å². The molecule has 35 heavy (non-hydrogen) atoms. The van der Waals surface area contributed by atoms with Gasteiger partial charge in [-0.15, -0.1) is 0 Å². The van der Waals surface area contributed by atoms with E-state index in [1.165, 1.54) is 42.9 Å². The van der Waals surface area contributed by atoms with Gasteiger partial charge in [0.05, 0.1) is 4.90 Å². The van der Waals surface area contributed by atoms with E-state index in [2.05, 4.69) is 37.6 Å². The average Bonchev–Trinajstić information content (AvgIpc) is 3.65. The highest BCUT2D eigenvalue weighted by Crippen LogP contribution is 2.40. The molecule has 0 amide bonds. The van der Waals surface area contributed by atoms with Crippen molar-refractivity contribution in [3.63, 3.8) is 0 Å². The number of benzene rings is 2. The molecule has 4 rings (SSSR count). The van der Waals surface area contributed by atoms with Gasteiger partial charge in [-0.1, -0.05) is 18.2 Å². The van der Waals surface area contributed by atoms with E-state index >= 15 is 0 Å². The molecular formula is C22H20F3N5O4S. The lowest BCUT2D eigenvalue weighted by Crippen LogP contribution is -2.36. The molecule has 2 aromatic carbocycles. The van der Waals surface area contributed by atoms with Crippen molar-refractivity contribution in [3.05, 3.63) is 66.5 Å². The predicted molar refractivity (Wildman–Crippen MR) is 121 cm³/mol. The van der Waals surface area contributed by atoms with Gasteiger partial charge in [-0.25, -0.2) is 23.2 Å². The molecule has 1 aliphatic carbocycles. The van der Waals surface area contributed by atoms with Crippen LogP contribution in [0.5, 0.6) is 0 Å². The minimum absolute atomic E-state index is 0.136. The second-order valence-corrected chi connectivity index (χ2v) is 9.69. The van der Waals surface area contributed by atoms with Gasteiger partial charge >= 0.3 is 12.1 Å². The lowest BCUT2D eigenvalue weighted by atomic mass is 10.1. The van der Waals surface area contributed by atoms with Crippen LogP contribution in [-0.2, 0) is 19.7 Å². The topological polar surface area (TPSA) is 114 Å². The van der Waals surface area contributed by atoms with Crippen LogP contribution in [0.2, 0.25) is 0 Å². The number of hydrogen-bond acceptors (Lipinski definition) is 8. The van der Waals surface area contributed by atoms with E-state index in [9.17, 15) is 26.4 Å². The normalized spacial score (nSPS) is 14.0. The number of nitrogens with one attached hydrogen (secondary N) is 2. The molecule has 1 aliphatic rings. The Morgan fingerprint density at radius 1 is 1.00 bits per heavy atom. The third kappa shape index (κ3) is 6.05. The van der Waals surface area contributed by atoms with Gasteiger partial charge in [0.25, 0.3) is 10.0 Å². The molecule has 1 saturated carbocycles. The van der Waals surface area contributed by atoms with E-state index in [1.807, 2.05) is 12.1 Å². The van der Waals surface area contributed by atoms with Crippen LogP contribution in [0.4, 0.5) is 36.2 Å². The summed E-state index contributed by atoms with van der Waals surface area (Å²) in [5.41, 5.74) is 2.41. The van der Waals surface area contributed by atoms with Crippen LogP contribution in [0.25, 0.3) is 0 Å². The van der Waals surface area contributed by atoms with E-state index in [1.54, 1.807) is 6.07 Å². The predicted octanol–water partition coefficient (Wildman–Crippen LogP) is 4.48. The lowest BCUT2D eigenvalue weighted by molar-refractivity contribution is -0.219. The summed E-state index contributed by atoms with van der Waals surface area (Å²) in [5, 5.41) is 6.08. The number of alkyl halides is 3. The third-order valence-electron chi connectivity index (χ3n) is 5.08. The highest BCUT2D eigenvalue weighted by Gasteiger charge is 2.43. The van der Waals surface area contributed by atoms with Crippen molar-refractivity contribution in [2.45, 2.75) is 29.8 Å². The molecule has 184 valence electrons. The van der Waals surface area contributed by atoms with E-state index in [4.69, 9.17) is 0 Å². The summed E-state index contributed by atoms with van der Waals surface area (Å²) in [6.07, 6.45) is -1.60. The summed E-state index contributed by atoms with van der Waals surface area (Å²) in [7, 11) is -3.87. The molecule has 0 atom stereocenters. The molecule has 0 aliphatic heterocycles. The summed E-state index contributed by atoms with van der Waals surface area (Å²) in [4.78, 5) is 22.8. The van der Waals surface area contributed by atoms with Gasteiger partial charge < -0.3 is 15.5 Å². The van der Waals surface area contributed by atoms with Crippen molar-refractivity contribution in [1.82, 2.24) is 14.4 Å². The van der Waals surface area contributed by atoms with Gasteiger partial charge in [0.2, 0.25) is 0 Å². The van der Waals surface area contributed by atoms with Crippen molar-refractivity contribution >= 4 is 39.0 Å². The summed E-state index contributed by atoms with van der Waals surface area (Å²) < 4.78 is 62.2. The monoisotopic (exact) mass is 507 g/mol. The van der Waals surface area contributed by atoms with Crippen LogP contribution < -0.4 is 10.6 Å². The number of halogens is 3. The molecule has 0 radical (unpaired) electrons. The van der Waals surface area contributed by atoms with Crippen molar-refractivity contribution in [2.75, 3.05) is 17.7 Å². The Balaban J connectivity index is 1.46. The zero-order valence-corrected chi connectivity index (χ0v) is 19.1. The lowest BCUT2D eigenvalue weighted by Gasteiger charge is -2.17. The molecule has 3 aromatic rings. The number of hydroxylamine groups is 1. The van der Waals surface area contributed by atoms with Gasteiger partial charge in [-0.3, -0.25) is 0 Å². The number of rotatable bonds is 8. The Hall–Kier alpha value is -3.71. The number of aromatic nitrogens is 2. The first-order valence-corrected chi connectivity index (χ1v) is 11.8. The molecule has 0 bridgehead atoms. The standard InChI is InChI=1S/C22H20F3N5O4S/c1-30(34-21(31)22(23,24)25)35(32,33)18-4-2-3-17(11-18)29-20-12-19(26-13-27-20)28-16-9-7-15(8-10-16)14-5-6-14/h2-4,7-14H,5-6H2,1H3,(H2,26,27,28,29). The largest absolute Gasteiger partial charge is 0.492 e. The second kappa shape index (κ2) is 9.50. The smallest absolute Gasteiger partial charge is 0.345 e. The van der Waals surface area contributed by atoms with Crippen molar-refractivity contribution in [3.8, 4) is 0 Å². The van der Waals surface area contributed by atoms with Gasteiger partial charge in [0, 0.05) is 24.5 Å². The van der Waals surface area contributed by atoms with E-state index < -0.39 is 27.1 Å². The Kier molecular flexibility index (Phi) is 6.63. The van der Waals surface area contributed by atoms with Crippen LogP contribution in [0, 0.1) is 0 Å². The second-order valence-electron chi connectivity index (χ2n) is 7.75. The number of sulfonamides is 1. The van der Waals surface area contributed by atoms with E-state index in [0.717, 1.165) is 11.8 Å². The van der Waals surface area contributed by atoms with Crippen molar-refractivity contribution < 1.29 is 31.2 Å². The maximum absolute atomic E-state index is 12.5. The fourth-order valence-corrected chi connectivity index (χ4v) is 4.13. The Bertz CT molecular complexity index is 1330. The summed E-state index contributed by atoms with van der Waals surface area (Å²) >= 11 is 0. The Labute approximate surface area is 199 Å². The molecule has 9 nitrogen and oxygen atoms in total. The summed E-state index contributed by atoms with van der Waals surface area (Å²) in [5.74, 6) is -1.18. The van der Waals surface area contributed by atoms with Gasteiger partial charge in [0.1, 0.15) is 18.0 Å². The zero-order valence-electron chi connectivity index (χ0n) is 18.3. The molecule has 1 aromatic heterocycles. The van der Waals surface area contributed by atoms with Gasteiger partial charge in [0.15, 0.2) is 0 Å². The minimum Gasteiger partial charge on any atom is -0.345 e. The minimum atomic E-state index is -5.34. The van der Waals surface area contributed by atoms with Crippen LogP contribution in [0.15, 0.2) is 65.8 Å². The van der Waals surface area contributed by atoms with E-state index in [0.29, 0.717) is 24.6 Å². The van der Waals surface area contributed by atoms with E-state index in [-0.39, 0.29) is 10.2 Å². The molecule has 0 unspecified atom stereocenters. The van der Waals surface area contributed by atoms with Crippen molar-refractivity contribution in [2.24, 2.45) is 0 Å². The number of hydrogen-bond donors (Lipinski definition) is 2. The molecule has 0 spiro atoms. The first kappa shape index (κ1) is 24.4. The van der Waals surface area contributed by atoms with Crippen LogP contribution in [0.3, 0.4) is 0 Å². The highest BCUT2D eigenvalue weighted by molar-refractivity contribution is 7.89. The fourth-order valence-electron chi connectivity index (χ4n) is 3.15. The van der Waals surface area contributed by atoms with Gasteiger partial charge in [-0.2, -0.15) is 13.2 Å². The van der Waals surface area contributed by atoms with Crippen LogP contribution in [0.1, 0.15) is 24.3 Å². The molecular weight excluding hydrogens is 487 g/mol. The molecule has 0 saturated heterocycles. The number of anilines is 4. The molecule has 13 heteroatoms. The maximum Gasteiger partial charge on any atom is 0.492 e. The number of nitrogens with zero attached hydrogens (tertiary/aromatic N) is 3. The quantitative estimate of drug-likeness (QED) is 0.429. The first-order valence-electron chi connectivity index (χ1n) is 10.4. The highest BCUT2D eigenvalue weighted by atomic mass is 32.2. The summed E-state index contributed by atoms with van der Waals surface area (Å²) in [6.45, 7) is 0. The Morgan fingerprint density at radius 3 is 2.23 bits per heavy atom. The maximum atomic E-state index is 12.5. The third-order valence-corrected chi connectivity index (χ3v) is 6.69. The zero-order chi connectivity index (χ0) is 25.2. The fraction of sp³-hybridized carbons (Fsp3) is 0.227. The van der Waals surface area contributed by atoms with Crippen LogP contribution >= 0.6 is 0 Å². The van der Waals surface area contributed by atoms with Crippen LogP contribution in [-0.4, -0.2) is 42.0 Å². The molecule has 1 heterocycles. The van der Waals surface area contributed by atoms with Gasteiger partial charge in [-0.05, 0) is 59.1 Å². The Morgan fingerprint density at radius 2 is 1.63 bits per heavy atom.